The van der Waals surface area contributed by atoms with E-state index in [1.807, 2.05) is 0 Å². The molecule has 2 heteroatoms. The van der Waals surface area contributed by atoms with E-state index in [4.69, 9.17) is 4.42 Å². The SMILES string of the molecule is c1ccc(N(c2ccc3c(c2)oc2c4ccccc4ccc32)c2ccc3ccc4ccc5ccccc5c4c3c2)cc1. The number of hydrogen-bond donors (Lipinski definition) is 0. The van der Waals surface area contributed by atoms with Gasteiger partial charge >= 0.3 is 0 Å². The van der Waals surface area contributed by atoms with E-state index >= 15 is 0 Å². The summed E-state index contributed by atoms with van der Waals surface area (Å²) in [5, 5.41) is 12.2. The number of para-hydroxylation sites is 1. The highest BCUT2D eigenvalue weighted by molar-refractivity contribution is 6.21. The van der Waals surface area contributed by atoms with Gasteiger partial charge in [0.15, 0.2) is 0 Å². The fourth-order valence-corrected chi connectivity index (χ4v) is 6.61. The van der Waals surface area contributed by atoms with Crippen LogP contribution in [0.2, 0.25) is 0 Å². The van der Waals surface area contributed by atoms with E-state index in [0.717, 1.165) is 44.4 Å². The average molecular weight is 536 g/mol. The zero-order chi connectivity index (χ0) is 27.6. The lowest BCUT2D eigenvalue weighted by Crippen LogP contribution is -2.09. The first-order valence-electron chi connectivity index (χ1n) is 14.4. The van der Waals surface area contributed by atoms with Crippen LogP contribution >= 0.6 is 0 Å². The van der Waals surface area contributed by atoms with Crippen LogP contribution in [0.3, 0.4) is 0 Å². The molecule has 0 amide bonds. The van der Waals surface area contributed by atoms with Gasteiger partial charge in [0.25, 0.3) is 0 Å². The van der Waals surface area contributed by atoms with Crippen LogP contribution in [0.25, 0.3) is 65.0 Å². The first kappa shape index (κ1) is 23.1. The maximum absolute atomic E-state index is 6.58. The molecular weight excluding hydrogens is 510 g/mol. The molecule has 0 aliphatic heterocycles. The van der Waals surface area contributed by atoms with E-state index < -0.39 is 0 Å². The van der Waals surface area contributed by atoms with Crippen molar-refractivity contribution in [1.82, 2.24) is 0 Å². The van der Waals surface area contributed by atoms with Crippen molar-refractivity contribution in [3.63, 3.8) is 0 Å². The average Bonchev–Trinajstić information content (AvgIpc) is 3.43. The van der Waals surface area contributed by atoms with Crippen LogP contribution in [-0.2, 0) is 0 Å². The third-order valence-electron chi connectivity index (χ3n) is 8.59. The second-order valence-electron chi connectivity index (χ2n) is 11.0. The standard InChI is InChI=1S/C40H25NO/c1-2-10-30(11-3-1)41(32-21-23-35-36-22-19-27-9-5-7-13-34(27)40(36)42-38(35)25-32)31-20-18-28-15-17-29-16-14-26-8-4-6-12-33(26)39(29)37(28)24-31/h1-25H. The van der Waals surface area contributed by atoms with Crippen molar-refractivity contribution in [3.8, 4) is 0 Å². The Labute approximate surface area is 242 Å². The van der Waals surface area contributed by atoms with Gasteiger partial charge in [-0.15, -0.1) is 0 Å². The minimum absolute atomic E-state index is 0.886. The van der Waals surface area contributed by atoms with E-state index in [2.05, 4.69) is 157 Å². The van der Waals surface area contributed by atoms with Gasteiger partial charge in [0.05, 0.1) is 0 Å². The third kappa shape index (κ3) is 3.45. The second-order valence-corrected chi connectivity index (χ2v) is 11.0. The largest absolute Gasteiger partial charge is 0.455 e. The molecule has 0 atom stereocenters. The Balaban J connectivity index is 1.30. The summed E-state index contributed by atoms with van der Waals surface area (Å²) < 4.78 is 6.58. The summed E-state index contributed by atoms with van der Waals surface area (Å²) in [6, 6.07) is 54.4. The minimum atomic E-state index is 0.886. The Kier molecular flexibility index (Phi) is 4.93. The maximum Gasteiger partial charge on any atom is 0.143 e. The molecule has 42 heavy (non-hydrogen) atoms. The van der Waals surface area contributed by atoms with Gasteiger partial charge in [-0.1, -0.05) is 103 Å². The van der Waals surface area contributed by atoms with Crippen molar-refractivity contribution >= 4 is 82.1 Å². The summed E-state index contributed by atoms with van der Waals surface area (Å²) in [6.45, 7) is 0. The lowest BCUT2D eigenvalue weighted by atomic mass is 9.96. The van der Waals surface area contributed by atoms with Crippen LogP contribution in [0.4, 0.5) is 17.1 Å². The van der Waals surface area contributed by atoms with Crippen LogP contribution in [0.5, 0.6) is 0 Å². The van der Waals surface area contributed by atoms with Crippen molar-refractivity contribution in [2.24, 2.45) is 0 Å². The van der Waals surface area contributed by atoms with Crippen molar-refractivity contribution < 1.29 is 4.42 Å². The molecule has 2 nitrogen and oxygen atoms in total. The van der Waals surface area contributed by atoms with Crippen LogP contribution in [0.15, 0.2) is 156 Å². The third-order valence-corrected chi connectivity index (χ3v) is 8.59. The molecule has 0 N–H and O–H groups in total. The van der Waals surface area contributed by atoms with Gasteiger partial charge in [0, 0.05) is 39.3 Å². The Morgan fingerprint density at radius 3 is 1.76 bits per heavy atom. The molecule has 0 radical (unpaired) electrons. The monoisotopic (exact) mass is 535 g/mol. The lowest BCUT2D eigenvalue weighted by molar-refractivity contribution is 0.672. The zero-order valence-corrected chi connectivity index (χ0v) is 22.8. The molecule has 1 aromatic heterocycles. The summed E-state index contributed by atoms with van der Waals surface area (Å²) in [7, 11) is 0. The molecule has 0 unspecified atom stereocenters. The normalized spacial score (nSPS) is 11.8. The number of hydrogen-bond acceptors (Lipinski definition) is 2. The van der Waals surface area contributed by atoms with Crippen molar-refractivity contribution in [2.75, 3.05) is 4.90 Å². The fraction of sp³-hybridized carbons (Fsp3) is 0. The smallest absolute Gasteiger partial charge is 0.143 e. The number of furan rings is 1. The van der Waals surface area contributed by atoms with Gasteiger partial charge in [0.2, 0.25) is 0 Å². The Morgan fingerprint density at radius 2 is 0.929 bits per heavy atom. The molecular formula is C40H25NO. The highest BCUT2D eigenvalue weighted by Gasteiger charge is 2.17. The number of benzene rings is 8. The summed E-state index contributed by atoms with van der Waals surface area (Å²) in [5.41, 5.74) is 5.09. The molecule has 0 aliphatic carbocycles. The molecule has 9 rings (SSSR count). The highest BCUT2D eigenvalue weighted by Crippen LogP contribution is 2.42. The molecule has 0 spiro atoms. The molecule has 1 heterocycles. The molecule has 0 bridgehead atoms. The van der Waals surface area contributed by atoms with Gasteiger partial charge in [-0.05, 0) is 80.2 Å². The number of nitrogens with zero attached hydrogens (tertiary/aromatic N) is 1. The van der Waals surface area contributed by atoms with Crippen molar-refractivity contribution in [3.05, 3.63) is 152 Å². The number of rotatable bonds is 3. The predicted molar refractivity (Wildman–Crippen MR) is 178 cm³/mol. The Hall–Kier alpha value is -5.60. The molecule has 0 saturated carbocycles. The number of fused-ring (bicyclic) bond motifs is 10. The van der Waals surface area contributed by atoms with Gasteiger partial charge in [0.1, 0.15) is 11.2 Å². The molecule has 9 aromatic rings. The summed E-state index contributed by atoms with van der Waals surface area (Å²) >= 11 is 0. The number of anilines is 3. The van der Waals surface area contributed by atoms with Gasteiger partial charge in [-0.2, -0.15) is 0 Å². The van der Waals surface area contributed by atoms with Crippen molar-refractivity contribution in [2.45, 2.75) is 0 Å². The molecule has 196 valence electrons. The molecule has 0 fully saturated rings. The van der Waals surface area contributed by atoms with E-state index in [0.29, 0.717) is 0 Å². The predicted octanol–water partition coefficient (Wildman–Crippen LogP) is 11.7. The van der Waals surface area contributed by atoms with E-state index in [1.54, 1.807) is 0 Å². The fourth-order valence-electron chi connectivity index (χ4n) is 6.61. The summed E-state index contributed by atoms with van der Waals surface area (Å²) in [6.07, 6.45) is 0. The topological polar surface area (TPSA) is 16.4 Å². The quantitative estimate of drug-likeness (QED) is 0.209. The van der Waals surface area contributed by atoms with E-state index in [9.17, 15) is 0 Å². The van der Waals surface area contributed by atoms with Crippen LogP contribution in [0.1, 0.15) is 0 Å². The Bertz CT molecular complexity index is 2470. The van der Waals surface area contributed by atoms with Gasteiger partial charge < -0.3 is 9.32 Å². The van der Waals surface area contributed by atoms with E-state index in [-0.39, 0.29) is 0 Å². The van der Waals surface area contributed by atoms with Crippen LogP contribution < -0.4 is 4.90 Å². The maximum atomic E-state index is 6.58. The van der Waals surface area contributed by atoms with Crippen LogP contribution in [0, 0.1) is 0 Å². The van der Waals surface area contributed by atoms with Gasteiger partial charge in [-0.25, -0.2) is 0 Å². The zero-order valence-electron chi connectivity index (χ0n) is 22.8. The van der Waals surface area contributed by atoms with Gasteiger partial charge in [-0.3, -0.25) is 0 Å². The minimum Gasteiger partial charge on any atom is -0.455 e. The molecule has 8 aromatic carbocycles. The lowest BCUT2D eigenvalue weighted by Gasteiger charge is -2.26. The highest BCUT2D eigenvalue weighted by atomic mass is 16.3. The van der Waals surface area contributed by atoms with E-state index in [1.165, 1.54) is 37.7 Å². The summed E-state index contributed by atoms with van der Waals surface area (Å²) in [4.78, 5) is 2.33. The summed E-state index contributed by atoms with van der Waals surface area (Å²) in [5.74, 6) is 0. The first-order valence-corrected chi connectivity index (χ1v) is 14.4. The van der Waals surface area contributed by atoms with Crippen LogP contribution in [-0.4, -0.2) is 0 Å². The van der Waals surface area contributed by atoms with Crippen molar-refractivity contribution in [1.29, 1.82) is 0 Å². The molecule has 0 saturated heterocycles. The Morgan fingerprint density at radius 1 is 0.357 bits per heavy atom. The molecule has 0 aliphatic rings. The first-order chi connectivity index (χ1) is 20.8. The second kappa shape index (κ2) is 8.95.